The van der Waals surface area contributed by atoms with Crippen LogP contribution >= 0.6 is 0 Å². The van der Waals surface area contributed by atoms with Crippen LogP contribution in [0.25, 0.3) is 0 Å². The number of carbonyl (C=O) groups is 2. The molecular formula is C17H18N4O3. The van der Waals surface area contributed by atoms with Crippen LogP contribution < -0.4 is 17.0 Å². The maximum atomic E-state index is 11.9. The summed E-state index contributed by atoms with van der Waals surface area (Å²) in [6, 6.07) is 6.32. The monoisotopic (exact) mass is 326 g/mol. The normalized spacial score (nSPS) is 19.0. The van der Waals surface area contributed by atoms with Gasteiger partial charge in [-0.25, -0.2) is 4.98 Å². The van der Waals surface area contributed by atoms with E-state index in [0.29, 0.717) is 17.2 Å². The summed E-state index contributed by atoms with van der Waals surface area (Å²) in [5, 5.41) is 0. The van der Waals surface area contributed by atoms with Gasteiger partial charge in [-0.2, -0.15) is 0 Å². The van der Waals surface area contributed by atoms with Crippen molar-refractivity contribution in [3.63, 3.8) is 0 Å². The summed E-state index contributed by atoms with van der Waals surface area (Å²) in [7, 11) is 0. The lowest BCUT2D eigenvalue weighted by Gasteiger charge is -2.13. The van der Waals surface area contributed by atoms with Crippen LogP contribution in [0.3, 0.4) is 0 Å². The molecule has 0 spiro atoms. The Balaban J connectivity index is 2.12. The van der Waals surface area contributed by atoms with Crippen LogP contribution in [0.4, 0.5) is 0 Å². The lowest BCUT2D eigenvalue weighted by atomic mass is 9.98. The number of amides is 2. The van der Waals surface area contributed by atoms with Gasteiger partial charge in [-0.3, -0.25) is 14.4 Å². The van der Waals surface area contributed by atoms with Crippen LogP contribution in [0.15, 0.2) is 35.3 Å². The molecule has 2 aromatic rings. The largest absolute Gasteiger partial charge is 0.366 e. The highest BCUT2D eigenvalue weighted by Crippen LogP contribution is 2.49. The van der Waals surface area contributed by atoms with Crippen molar-refractivity contribution in [3.05, 3.63) is 63.3 Å². The number of pyridine rings is 2. The van der Waals surface area contributed by atoms with Crippen molar-refractivity contribution in [1.29, 1.82) is 0 Å². The fourth-order valence-electron chi connectivity index (χ4n) is 2.95. The van der Waals surface area contributed by atoms with Gasteiger partial charge in [-0.15, -0.1) is 0 Å². The zero-order chi connectivity index (χ0) is 17.4. The first-order chi connectivity index (χ1) is 11.4. The van der Waals surface area contributed by atoms with E-state index in [-0.39, 0.29) is 29.3 Å². The number of carbonyl (C=O) groups excluding carboxylic acids is 2. The summed E-state index contributed by atoms with van der Waals surface area (Å²) in [6.07, 6.45) is 2.47. The molecular weight excluding hydrogens is 308 g/mol. The Bertz CT molecular complexity index is 852. The second-order valence-electron chi connectivity index (χ2n) is 6.14. The van der Waals surface area contributed by atoms with E-state index in [0.717, 1.165) is 6.42 Å². The van der Waals surface area contributed by atoms with Gasteiger partial charge >= 0.3 is 0 Å². The van der Waals surface area contributed by atoms with Crippen LogP contribution in [0.5, 0.6) is 0 Å². The van der Waals surface area contributed by atoms with Gasteiger partial charge in [-0.1, -0.05) is 13.0 Å². The summed E-state index contributed by atoms with van der Waals surface area (Å²) < 4.78 is 1.43. The van der Waals surface area contributed by atoms with E-state index >= 15 is 0 Å². The second-order valence-corrected chi connectivity index (χ2v) is 6.14. The van der Waals surface area contributed by atoms with Crippen molar-refractivity contribution >= 4 is 11.8 Å². The van der Waals surface area contributed by atoms with Crippen molar-refractivity contribution in [2.75, 3.05) is 0 Å². The quantitative estimate of drug-likeness (QED) is 0.836. The molecule has 2 atom stereocenters. The van der Waals surface area contributed by atoms with E-state index in [1.807, 2.05) is 6.92 Å². The number of aromatic nitrogens is 2. The van der Waals surface area contributed by atoms with E-state index in [2.05, 4.69) is 4.98 Å². The molecule has 1 saturated carbocycles. The molecule has 0 radical (unpaired) electrons. The van der Waals surface area contributed by atoms with E-state index in [1.54, 1.807) is 24.4 Å². The van der Waals surface area contributed by atoms with Crippen molar-refractivity contribution in [3.8, 4) is 0 Å². The summed E-state index contributed by atoms with van der Waals surface area (Å²) >= 11 is 0. The SMILES string of the molecule is C[C@H]1C[C@@H]1c1c(C(N)=O)cc(Cn2ccccc2=O)nc1C(N)=O. The predicted molar refractivity (Wildman–Crippen MR) is 87.6 cm³/mol. The molecule has 24 heavy (non-hydrogen) atoms. The first-order valence-electron chi connectivity index (χ1n) is 7.67. The number of primary amides is 2. The Morgan fingerprint density at radius 2 is 2.00 bits per heavy atom. The van der Waals surface area contributed by atoms with Gasteiger partial charge in [0, 0.05) is 17.8 Å². The van der Waals surface area contributed by atoms with Gasteiger partial charge in [0.15, 0.2) is 0 Å². The number of hydrogen-bond acceptors (Lipinski definition) is 4. The average Bonchev–Trinajstić information content (AvgIpc) is 3.25. The zero-order valence-corrected chi connectivity index (χ0v) is 13.2. The van der Waals surface area contributed by atoms with E-state index < -0.39 is 11.8 Å². The molecule has 1 aliphatic rings. The molecule has 0 aromatic carbocycles. The van der Waals surface area contributed by atoms with E-state index in [9.17, 15) is 14.4 Å². The standard InChI is InChI=1S/C17H18N4O3/c1-9-6-11(9)14-12(16(18)23)7-10(20-15(14)17(19)24)8-21-5-3-2-4-13(21)22/h2-5,7,9,11H,6,8H2,1H3,(H2,18,23)(H2,19,24)/t9-,11-/m0/s1. The lowest BCUT2D eigenvalue weighted by molar-refractivity contribution is 0.0994. The lowest BCUT2D eigenvalue weighted by Crippen LogP contribution is -2.24. The van der Waals surface area contributed by atoms with Gasteiger partial charge < -0.3 is 16.0 Å². The van der Waals surface area contributed by atoms with Gasteiger partial charge in [0.05, 0.1) is 12.2 Å². The minimum Gasteiger partial charge on any atom is -0.366 e. The van der Waals surface area contributed by atoms with Crippen LogP contribution in [-0.4, -0.2) is 21.4 Å². The van der Waals surface area contributed by atoms with Crippen molar-refractivity contribution in [1.82, 2.24) is 9.55 Å². The molecule has 2 amide bonds. The zero-order valence-electron chi connectivity index (χ0n) is 13.2. The molecule has 124 valence electrons. The van der Waals surface area contributed by atoms with E-state index in [4.69, 9.17) is 11.5 Å². The maximum Gasteiger partial charge on any atom is 0.267 e. The molecule has 0 unspecified atom stereocenters. The second kappa shape index (κ2) is 5.92. The number of nitrogens with two attached hydrogens (primary N) is 2. The minimum absolute atomic E-state index is 0.0657. The fraction of sp³-hybridized carbons (Fsp3) is 0.294. The molecule has 3 rings (SSSR count). The van der Waals surface area contributed by atoms with Gasteiger partial charge in [0.25, 0.3) is 11.5 Å². The van der Waals surface area contributed by atoms with Crippen molar-refractivity contribution in [2.45, 2.75) is 25.8 Å². The van der Waals surface area contributed by atoms with Crippen LogP contribution in [-0.2, 0) is 6.54 Å². The summed E-state index contributed by atoms with van der Waals surface area (Å²) in [5.41, 5.74) is 12.0. The van der Waals surface area contributed by atoms with Gasteiger partial charge in [0.1, 0.15) is 5.69 Å². The van der Waals surface area contributed by atoms with Crippen LogP contribution in [0.1, 0.15) is 51.4 Å². The van der Waals surface area contributed by atoms with Crippen LogP contribution in [0, 0.1) is 5.92 Å². The summed E-state index contributed by atoms with van der Waals surface area (Å²) in [6.45, 7) is 2.15. The molecule has 1 aliphatic carbocycles. The average molecular weight is 326 g/mol. The fourth-order valence-corrected chi connectivity index (χ4v) is 2.95. The number of hydrogen-bond donors (Lipinski definition) is 2. The third-order valence-corrected chi connectivity index (χ3v) is 4.32. The Morgan fingerprint density at radius 1 is 1.29 bits per heavy atom. The topological polar surface area (TPSA) is 121 Å². The molecule has 0 saturated heterocycles. The molecule has 1 fully saturated rings. The Morgan fingerprint density at radius 3 is 2.54 bits per heavy atom. The Labute approximate surface area is 138 Å². The molecule has 2 aromatic heterocycles. The van der Waals surface area contributed by atoms with Gasteiger partial charge in [-0.05, 0) is 36.0 Å². The third kappa shape index (κ3) is 2.92. The minimum atomic E-state index is -0.700. The molecule has 0 bridgehead atoms. The molecule has 4 N–H and O–H groups in total. The Kier molecular flexibility index (Phi) is 3.92. The summed E-state index contributed by atoms with van der Waals surface area (Å²) in [4.78, 5) is 39.9. The van der Waals surface area contributed by atoms with E-state index in [1.165, 1.54) is 10.6 Å². The van der Waals surface area contributed by atoms with Gasteiger partial charge in [0.2, 0.25) is 5.91 Å². The predicted octanol–water partition coefficient (Wildman–Crippen LogP) is 0.613. The molecule has 7 heteroatoms. The highest BCUT2D eigenvalue weighted by molar-refractivity contribution is 6.00. The van der Waals surface area contributed by atoms with Crippen molar-refractivity contribution < 1.29 is 9.59 Å². The number of rotatable bonds is 5. The van der Waals surface area contributed by atoms with Crippen molar-refractivity contribution in [2.24, 2.45) is 17.4 Å². The molecule has 2 heterocycles. The molecule has 0 aliphatic heterocycles. The first-order valence-corrected chi connectivity index (χ1v) is 7.67. The highest BCUT2D eigenvalue weighted by Gasteiger charge is 2.39. The Hall–Kier alpha value is -2.96. The first kappa shape index (κ1) is 15.9. The summed E-state index contributed by atoms with van der Waals surface area (Å²) in [5.74, 6) is -0.911. The maximum absolute atomic E-state index is 11.9. The van der Waals surface area contributed by atoms with Crippen LogP contribution in [0.2, 0.25) is 0 Å². The number of nitrogens with zero attached hydrogens (tertiary/aromatic N) is 2. The third-order valence-electron chi connectivity index (χ3n) is 4.32. The highest BCUT2D eigenvalue weighted by atomic mass is 16.1. The smallest absolute Gasteiger partial charge is 0.267 e. The molecule has 7 nitrogen and oxygen atoms in total.